The molecular weight excluding hydrogens is 542 g/mol. The van der Waals surface area contributed by atoms with Crippen LogP contribution in [0.2, 0.25) is 0 Å². The highest BCUT2D eigenvalue weighted by atomic mass is 14.7. The van der Waals surface area contributed by atoms with Crippen LogP contribution in [0.5, 0.6) is 0 Å². The van der Waals surface area contributed by atoms with Gasteiger partial charge in [0.1, 0.15) is 0 Å². The first-order valence-electron chi connectivity index (χ1n) is 15.6. The zero-order chi connectivity index (χ0) is 30.5. The van der Waals surface area contributed by atoms with Crippen LogP contribution in [0.25, 0.3) is 77.0 Å². The van der Waals surface area contributed by atoms with E-state index in [2.05, 4.69) is 153 Å². The Labute approximate surface area is 264 Å². The molecule has 0 saturated heterocycles. The Hall–Kier alpha value is -5.53. The molecule has 1 heteroatoms. The lowest BCUT2D eigenvalue weighted by molar-refractivity contribution is 1.21. The minimum absolute atomic E-state index is 0.998. The van der Waals surface area contributed by atoms with Crippen LogP contribution in [0.15, 0.2) is 146 Å². The third kappa shape index (κ3) is 4.51. The number of fused-ring (bicyclic) bond motifs is 3. The Morgan fingerprint density at radius 1 is 0.356 bits per heavy atom. The molecule has 0 unspecified atom stereocenters. The maximum atomic E-state index is 4.83. The fourth-order valence-corrected chi connectivity index (χ4v) is 7.25. The second-order valence-electron chi connectivity index (χ2n) is 12.1. The van der Waals surface area contributed by atoms with E-state index in [0.717, 1.165) is 17.0 Å². The highest BCUT2D eigenvalue weighted by molar-refractivity contribution is 6.24. The summed E-state index contributed by atoms with van der Waals surface area (Å²) in [4.78, 5) is 4.83. The molecular formula is C44H33N. The number of aromatic nitrogens is 1. The number of hydrogen-bond acceptors (Lipinski definition) is 1. The third-order valence-electron chi connectivity index (χ3n) is 9.21. The second-order valence-corrected chi connectivity index (χ2v) is 12.1. The fourth-order valence-electron chi connectivity index (χ4n) is 7.25. The van der Waals surface area contributed by atoms with Gasteiger partial charge in [-0.25, -0.2) is 0 Å². The van der Waals surface area contributed by atoms with E-state index >= 15 is 0 Å². The van der Waals surface area contributed by atoms with Crippen molar-refractivity contribution in [2.75, 3.05) is 0 Å². The van der Waals surface area contributed by atoms with Crippen molar-refractivity contribution in [3.8, 4) is 44.6 Å². The van der Waals surface area contributed by atoms with Crippen molar-refractivity contribution < 1.29 is 0 Å². The van der Waals surface area contributed by atoms with Gasteiger partial charge in [-0.1, -0.05) is 127 Å². The van der Waals surface area contributed by atoms with Gasteiger partial charge in [-0.15, -0.1) is 0 Å². The summed E-state index contributed by atoms with van der Waals surface area (Å²) >= 11 is 0. The Bertz CT molecular complexity index is 2340. The molecule has 8 aromatic rings. The van der Waals surface area contributed by atoms with Crippen LogP contribution in [0, 0.1) is 20.8 Å². The molecule has 1 nitrogen and oxygen atoms in total. The van der Waals surface area contributed by atoms with E-state index in [9.17, 15) is 0 Å². The second kappa shape index (κ2) is 10.9. The van der Waals surface area contributed by atoms with Gasteiger partial charge in [0, 0.05) is 11.3 Å². The first-order valence-corrected chi connectivity index (χ1v) is 15.6. The summed E-state index contributed by atoms with van der Waals surface area (Å²) in [6.07, 6.45) is 0. The van der Waals surface area contributed by atoms with Gasteiger partial charge in [-0.2, -0.15) is 0 Å². The van der Waals surface area contributed by atoms with Crippen molar-refractivity contribution in [2.45, 2.75) is 20.8 Å². The molecule has 8 rings (SSSR count). The first kappa shape index (κ1) is 27.0. The summed E-state index contributed by atoms with van der Waals surface area (Å²) in [6.45, 7) is 6.48. The molecule has 0 aliphatic heterocycles. The van der Waals surface area contributed by atoms with Crippen molar-refractivity contribution in [1.29, 1.82) is 0 Å². The number of pyridine rings is 1. The molecule has 0 aliphatic carbocycles. The predicted molar refractivity (Wildman–Crippen MR) is 193 cm³/mol. The standard InChI is InChI=1S/C44H33N/c1-28-13-8-14-29(2)42(28)35-24-11-23-34-33(35)22-12-25-36(34)44-39-20-6-4-18-37(39)43(38-19-5-7-21-40(38)44)32-17-10-16-31(27-32)41-26-9-15-30(3)45-41/h4-27H,1-3H3. The quantitative estimate of drug-likeness (QED) is 0.190. The molecule has 45 heavy (non-hydrogen) atoms. The summed E-state index contributed by atoms with van der Waals surface area (Å²) in [5.41, 5.74) is 13.4. The number of nitrogens with zero attached hydrogens (tertiary/aromatic N) is 1. The van der Waals surface area contributed by atoms with Gasteiger partial charge in [0.25, 0.3) is 0 Å². The minimum atomic E-state index is 0.998. The molecule has 0 amide bonds. The van der Waals surface area contributed by atoms with Crippen LogP contribution < -0.4 is 0 Å². The molecule has 0 aliphatic rings. The van der Waals surface area contributed by atoms with Gasteiger partial charge < -0.3 is 0 Å². The van der Waals surface area contributed by atoms with Crippen molar-refractivity contribution in [1.82, 2.24) is 4.98 Å². The van der Waals surface area contributed by atoms with Gasteiger partial charge in [0.2, 0.25) is 0 Å². The van der Waals surface area contributed by atoms with E-state index < -0.39 is 0 Å². The molecule has 0 bridgehead atoms. The van der Waals surface area contributed by atoms with Crippen molar-refractivity contribution in [3.05, 3.63) is 162 Å². The van der Waals surface area contributed by atoms with Gasteiger partial charge >= 0.3 is 0 Å². The maximum absolute atomic E-state index is 4.83. The summed E-state index contributed by atoms with van der Waals surface area (Å²) in [5, 5.41) is 7.58. The Morgan fingerprint density at radius 2 is 0.822 bits per heavy atom. The van der Waals surface area contributed by atoms with Crippen molar-refractivity contribution >= 4 is 32.3 Å². The number of hydrogen-bond donors (Lipinski definition) is 0. The van der Waals surface area contributed by atoms with Crippen LogP contribution in [0.3, 0.4) is 0 Å². The highest BCUT2D eigenvalue weighted by Gasteiger charge is 2.19. The van der Waals surface area contributed by atoms with Gasteiger partial charge in [0.05, 0.1) is 5.69 Å². The average Bonchev–Trinajstić information content (AvgIpc) is 3.07. The lowest BCUT2D eigenvalue weighted by atomic mass is 9.83. The van der Waals surface area contributed by atoms with Crippen molar-refractivity contribution in [3.63, 3.8) is 0 Å². The minimum Gasteiger partial charge on any atom is -0.253 e. The molecule has 0 radical (unpaired) electrons. The molecule has 0 atom stereocenters. The third-order valence-corrected chi connectivity index (χ3v) is 9.21. The Balaban J connectivity index is 1.43. The van der Waals surface area contributed by atoms with Crippen LogP contribution in [-0.4, -0.2) is 4.98 Å². The number of rotatable bonds is 4. The number of aryl methyl sites for hydroxylation is 3. The van der Waals surface area contributed by atoms with Crippen LogP contribution in [0.4, 0.5) is 0 Å². The molecule has 214 valence electrons. The van der Waals surface area contributed by atoms with Crippen LogP contribution >= 0.6 is 0 Å². The van der Waals surface area contributed by atoms with Crippen molar-refractivity contribution in [2.24, 2.45) is 0 Å². The zero-order valence-corrected chi connectivity index (χ0v) is 25.8. The first-order chi connectivity index (χ1) is 22.1. The van der Waals surface area contributed by atoms with Crippen LogP contribution in [-0.2, 0) is 0 Å². The average molecular weight is 576 g/mol. The fraction of sp³-hybridized carbons (Fsp3) is 0.0682. The maximum Gasteiger partial charge on any atom is 0.0705 e. The topological polar surface area (TPSA) is 12.9 Å². The Kier molecular flexibility index (Phi) is 6.54. The van der Waals surface area contributed by atoms with E-state index in [4.69, 9.17) is 4.98 Å². The van der Waals surface area contributed by atoms with Gasteiger partial charge in [0.15, 0.2) is 0 Å². The van der Waals surface area contributed by atoms with E-state index in [1.54, 1.807) is 0 Å². The van der Waals surface area contributed by atoms with E-state index in [-0.39, 0.29) is 0 Å². The highest BCUT2D eigenvalue weighted by Crippen LogP contribution is 2.46. The lowest BCUT2D eigenvalue weighted by Gasteiger charge is -2.20. The van der Waals surface area contributed by atoms with E-state index in [1.165, 1.54) is 76.8 Å². The summed E-state index contributed by atoms with van der Waals surface area (Å²) in [5.74, 6) is 0. The molecule has 7 aromatic carbocycles. The normalized spacial score (nSPS) is 11.4. The monoisotopic (exact) mass is 575 g/mol. The van der Waals surface area contributed by atoms with Gasteiger partial charge in [-0.05, 0) is 116 Å². The summed E-state index contributed by atoms with van der Waals surface area (Å²) in [6, 6.07) is 53.1. The molecule has 0 fully saturated rings. The lowest BCUT2D eigenvalue weighted by Crippen LogP contribution is -1.93. The van der Waals surface area contributed by atoms with Crippen LogP contribution in [0.1, 0.15) is 16.8 Å². The number of benzene rings is 7. The van der Waals surface area contributed by atoms with E-state index in [0.29, 0.717) is 0 Å². The SMILES string of the molecule is Cc1cccc(-c2cccc(-c3c4ccccc4c(-c4cccc5c(-c6c(C)cccc6C)cccc45)c4ccccc34)c2)n1. The Morgan fingerprint density at radius 3 is 1.42 bits per heavy atom. The molecule has 1 heterocycles. The molecule has 1 aromatic heterocycles. The van der Waals surface area contributed by atoms with E-state index in [1.807, 2.05) is 13.0 Å². The van der Waals surface area contributed by atoms with Gasteiger partial charge in [-0.3, -0.25) is 4.98 Å². The zero-order valence-electron chi connectivity index (χ0n) is 25.8. The predicted octanol–water partition coefficient (Wildman–Crippen LogP) is 12.1. The summed E-state index contributed by atoms with van der Waals surface area (Å²) in [7, 11) is 0. The molecule has 0 spiro atoms. The molecule has 0 saturated carbocycles. The summed E-state index contributed by atoms with van der Waals surface area (Å²) < 4.78 is 0. The molecule has 0 N–H and O–H groups in total. The largest absolute Gasteiger partial charge is 0.253 e. The smallest absolute Gasteiger partial charge is 0.0705 e.